The van der Waals surface area contributed by atoms with Crippen molar-refractivity contribution in [2.45, 2.75) is 58.8 Å². The molecule has 7 rings (SSSR count). The SMILES string of the molecule is CC1=C(C#N)C(=O)N(C)C(=O)/C1=C/C=C1\N(C)c2ccccc2C1(C)C.CC1=C(C#N)C(=O)N(CCCOCCOc2ccccc2)C(=O)/C1=C\C=C1\N(C)c2ccccc2C1(C)C. The van der Waals surface area contributed by atoms with Crippen molar-refractivity contribution in [2.75, 3.05) is 57.3 Å². The number of allylic oxidation sites excluding steroid dienone is 6. The largest absolute Gasteiger partial charge is 0.491 e. The van der Waals surface area contributed by atoms with Crippen molar-refractivity contribution < 1.29 is 28.7 Å². The molecule has 0 atom stereocenters. The Morgan fingerprint density at radius 3 is 1.53 bits per heavy atom. The van der Waals surface area contributed by atoms with Crippen LogP contribution in [0.15, 0.2) is 148 Å². The lowest BCUT2D eigenvalue weighted by Gasteiger charge is -2.28. The molecule has 0 bridgehead atoms. The molecule has 4 amide bonds. The number of carbonyl (C=O) groups excluding carboxylic acids is 4. The zero-order valence-electron chi connectivity index (χ0n) is 38.0. The highest BCUT2D eigenvalue weighted by Crippen LogP contribution is 2.48. The minimum Gasteiger partial charge on any atom is -0.491 e. The number of likely N-dealkylation sites (N-methyl/N-ethyl adjacent to an activating group) is 3. The molecule has 0 aliphatic carbocycles. The van der Waals surface area contributed by atoms with Crippen LogP contribution in [-0.2, 0) is 34.7 Å². The summed E-state index contributed by atoms with van der Waals surface area (Å²) in [6, 6.07) is 29.8. The Balaban J connectivity index is 0.000000228. The van der Waals surface area contributed by atoms with Gasteiger partial charge in [0.1, 0.15) is 35.6 Å². The summed E-state index contributed by atoms with van der Waals surface area (Å²) in [6.07, 6.45) is 7.76. The first-order chi connectivity index (χ1) is 30.5. The van der Waals surface area contributed by atoms with E-state index in [0.717, 1.165) is 38.3 Å². The van der Waals surface area contributed by atoms with Gasteiger partial charge in [0.05, 0.1) is 6.61 Å². The van der Waals surface area contributed by atoms with E-state index in [2.05, 4.69) is 61.8 Å². The van der Waals surface area contributed by atoms with Gasteiger partial charge in [-0.15, -0.1) is 0 Å². The van der Waals surface area contributed by atoms with Gasteiger partial charge in [-0.2, -0.15) is 10.5 Å². The van der Waals surface area contributed by atoms with Crippen LogP contribution in [0.3, 0.4) is 0 Å². The third-order valence-electron chi connectivity index (χ3n) is 12.4. The molecule has 0 unspecified atom stereocenters. The number of rotatable bonds is 10. The predicted octanol–water partition coefficient (Wildman–Crippen LogP) is 7.98. The van der Waals surface area contributed by atoms with Crippen molar-refractivity contribution >= 4 is 35.0 Å². The van der Waals surface area contributed by atoms with E-state index < -0.39 is 17.7 Å². The molecule has 0 spiro atoms. The number of para-hydroxylation sites is 3. The van der Waals surface area contributed by atoms with E-state index >= 15 is 0 Å². The summed E-state index contributed by atoms with van der Waals surface area (Å²) in [5.41, 5.74) is 7.85. The zero-order valence-corrected chi connectivity index (χ0v) is 38.0. The van der Waals surface area contributed by atoms with E-state index in [9.17, 15) is 29.7 Å². The fraction of sp³-hybridized carbons (Fsp3) is 0.308. The second-order valence-corrected chi connectivity index (χ2v) is 16.9. The summed E-state index contributed by atoms with van der Waals surface area (Å²) in [5.74, 6) is -1.12. The zero-order chi connectivity index (χ0) is 46.5. The average Bonchev–Trinajstić information content (AvgIpc) is 3.60. The maximum absolute atomic E-state index is 13.4. The maximum atomic E-state index is 13.4. The molecule has 12 heteroatoms. The van der Waals surface area contributed by atoms with Crippen LogP contribution in [0, 0.1) is 22.7 Å². The fourth-order valence-electron chi connectivity index (χ4n) is 8.67. The van der Waals surface area contributed by atoms with E-state index in [1.807, 2.05) is 93.0 Å². The molecule has 4 heterocycles. The van der Waals surface area contributed by atoms with E-state index in [1.54, 1.807) is 26.0 Å². The number of fused-ring (bicyclic) bond motifs is 2. The molecule has 0 aromatic heterocycles. The quantitative estimate of drug-likeness (QED) is 0.112. The van der Waals surface area contributed by atoms with Gasteiger partial charge >= 0.3 is 0 Å². The van der Waals surface area contributed by atoms with Crippen LogP contribution in [0.25, 0.3) is 0 Å². The summed E-state index contributed by atoms with van der Waals surface area (Å²) >= 11 is 0. The molecule has 4 aliphatic heterocycles. The molecule has 0 saturated carbocycles. The monoisotopic (exact) mass is 858 g/mol. The Bertz CT molecular complexity index is 2670. The molecule has 12 nitrogen and oxygen atoms in total. The molecule has 4 aliphatic rings. The lowest BCUT2D eigenvalue weighted by molar-refractivity contribution is -0.141. The first kappa shape index (κ1) is 46.2. The smallest absolute Gasteiger partial charge is 0.271 e. The number of imide groups is 2. The number of hydrogen-bond acceptors (Lipinski definition) is 10. The third-order valence-corrected chi connectivity index (χ3v) is 12.4. The summed E-state index contributed by atoms with van der Waals surface area (Å²) in [6.45, 7) is 13.2. The lowest BCUT2D eigenvalue weighted by Crippen LogP contribution is -2.43. The van der Waals surface area contributed by atoms with E-state index in [1.165, 1.54) is 18.2 Å². The molecule has 0 saturated heterocycles. The number of amides is 4. The van der Waals surface area contributed by atoms with Crippen molar-refractivity contribution in [2.24, 2.45) is 0 Å². The summed E-state index contributed by atoms with van der Waals surface area (Å²) < 4.78 is 11.2. The lowest BCUT2D eigenvalue weighted by atomic mass is 9.83. The molecule has 328 valence electrons. The van der Waals surface area contributed by atoms with Crippen molar-refractivity contribution in [3.8, 4) is 17.9 Å². The van der Waals surface area contributed by atoms with Gasteiger partial charge in [-0.3, -0.25) is 29.0 Å². The van der Waals surface area contributed by atoms with Gasteiger partial charge in [-0.25, -0.2) is 0 Å². The molecule has 0 N–H and O–H groups in total. The van der Waals surface area contributed by atoms with Crippen LogP contribution in [-0.4, -0.2) is 80.9 Å². The molecule has 3 aromatic carbocycles. The number of anilines is 2. The van der Waals surface area contributed by atoms with Crippen molar-refractivity contribution in [1.29, 1.82) is 10.5 Å². The topological polar surface area (TPSA) is 147 Å². The van der Waals surface area contributed by atoms with Crippen LogP contribution < -0.4 is 14.5 Å². The van der Waals surface area contributed by atoms with E-state index in [-0.39, 0.29) is 34.4 Å². The fourth-order valence-corrected chi connectivity index (χ4v) is 8.67. The van der Waals surface area contributed by atoms with E-state index in [4.69, 9.17) is 9.47 Å². The third kappa shape index (κ3) is 8.70. The van der Waals surface area contributed by atoms with Crippen LogP contribution in [0.1, 0.15) is 59.1 Å². The Kier molecular flexibility index (Phi) is 13.7. The predicted molar refractivity (Wildman–Crippen MR) is 247 cm³/mol. The highest BCUT2D eigenvalue weighted by molar-refractivity contribution is 6.19. The van der Waals surface area contributed by atoms with Gasteiger partial charge in [-0.1, -0.05) is 82.3 Å². The normalized spacial score (nSPS) is 20.2. The van der Waals surface area contributed by atoms with Gasteiger partial charge in [-0.05, 0) is 91.1 Å². The van der Waals surface area contributed by atoms with Crippen LogP contribution in [0.2, 0.25) is 0 Å². The summed E-state index contributed by atoms with van der Waals surface area (Å²) in [4.78, 5) is 57.3. The highest BCUT2D eigenvalue weighted by Gasteiger charge is 2.40. The molecule has 64 heavy (non-hydrogen) atoms. The van der Waals surface area contributed by atoms with Gasteiger partial charge in [0, 0.05) is 79.0 Å². The number of nitriles is 2. The first-order valence-corrected chi connectivity index (χ1v) is 21.2. The average molecular weight is 859 g/mol. The van der Waals surface area contributed by atoms with Gasteiger partial charge in [0.15, 0.2) is 0 Å². The van der Waals surface area contributed by atoms with Crippen LogP contribution in [0.5, 0.6) is 5.75 Å². The summed E-state index contributed by atoms with van der Waals surface area (Å²) in [7, 11) is 5.40. The van der Waals surface area contributed by atoms with Gasteiger partial charge in [0.25, 0.3) is 23.6 Å². The van der Waals surface area contributed by atoms with Gasteiger partial charge < -0.3 is 19.3 Å². The Morgan fingerprint density at radius 2 is 1.03 bits per heavy atom. The first-order valence-electron chi connectivity index (χ1n) is 21.2. The molecule has 0 radical (unpaired) electrons. The van der Waals surface area contributed by atoms with Crippen molar-refractivity contribution in [3.05, 3.63) is 159 Å². The number of carbonyl (C=O) groups is 4. The van der Waals surface area contributed by atoms with Crippen LogP contribution in [0.4, 0.5) is 11.4 Å². The minimum atomic E-state index is -0.557. The Labute approximate surface area is 375 Å². The standard InChI is InChI=1S/C31H33N3O4.C21H21N3O2/c1-22-24(15-16-28-31(2,3)26-13-8-9-14-27(26)33(28)4)29(35)34(30(36)25(22)21-32)17-10-18-37-19-20-38-23-11-6-5-7-12-23;1-13-14(19(25)24(5)20(26)15(13)12-22)10-11-18-21(2,3)16-8-6-7-9-17(16)23(18)4/h5-9,11-16H,10,17-20H2,1-4H3;6-11H,1-5H3/b24-15-,28-16+;14-10+,18-11-. The van der Waals surface area contributed by atoms with Gasteiger partial charge in [0.2, 0.25) is 0 Å². The van der Waals surface area contributed by atoms with Crippen molar-refractivity contribution in [3.63, 3.8) is 0 Å². The maximum Gasteiger partial charge on any atom is 0.271 e. The number of nitrogens with zero attached hydrogens (tertiary/aromatic N) is 6. The van der Waals surface area contributed by atoms with Crippen molar-refractivity contribution in [1.82, 2.24) is 9.80 Å². The number of ether oxygens (including phenoxy) is 2. The highest BCUT2D eigenvalue weighted by atomic mass is 16.5. The second-order valence-electron chi connectivity index (χ2n) is 16.9. The molecular weight excluding hydrogens is 805 g/mol. The molecule has 0 fully saturated rings. The molecular formula is C52H54N6O6. The van der Waals surface area contributed by atoms with E-state index in [0.29, 0.717) is 48.5 Å². The Hall–Kier alpha value is -7.28. The second kappa shape index (κ2) is 19.0. The summed E-state index contributed by atoms with van der Waals surface area (Å²) in [5, 5.41) is 18.9. The number of hydrogen-bond donors (Lipinski definition) is 0. The molecule has 3 aromatic rings. The minimum absolute atomic E-state index is 0.00578. The number of benzene rings is 3. The van der Waals surface area contributed by atoms with Crippen LogP contribution >= 0.6 is 0 Å². The Morgan fingerprint density at radius 1 is 0.562 bits per heavy atom.